The molecule has 174 valence electrons. The summed E-state index contributed by atoms with van der Waals surface area (Å²) in [5, 5.41) is 4.32. The minimum absolute atomic E-state index is 0.0941. The van der Waals surface area contributed by atoms with Gasteiger partial charge in [0.2, 0.25) is 0 Å². The van der Waals surface area contributed by atoms with Gasteiger partial charge < -0.3 is 15.2 Å². The third kappa shape index (κ3) is 6.22. The number of hydrogen-bond donors (Lipinski definition) is 1. The monoisotopic (exact) mass is 449 g/mol. The highest BCUT2D eigenvalue weighted by molar-refractivity contribution is 5.93. The number of benzene rings is 2. The lowest BCUT2D eigenvalue weighted by Gasteiger charge is -2.28. The molecular weight excluding hydrogens is 418 g/mol. The summed E-state index contributed by atoms with van der Waals surface area (Å²) >= 11 is 0. The molecule has 3 rings (SSSR count). The van der Waals surface area contributed by atoms with Crippen LogP contribution in [-0.2, 0) is 21.6 Å². The fraction of sp³-hybridized carbons (Fsp3) is 0.346. The number of nitrogens with two attached hydrogens (primary N) is 1. The molecule has 2 N–H and O–H groups in total. The number of carbonyl (C=O) groups is 2. The van der Waals surface area contributed by atoms with Crippen molar-refractivity contribution in [2.75, 3.05) is 6.61 Å². The summed E-state index contributed by atoms with van der Waals surface area (Å²) in [6.07, 6.45) is 2.34. The van der Waals surface area contributed by atoms with Gasteiger partial charge in [-0.2, -0.15) is 5.10 Å². The first-order chi connectivity index (χ1) is 15.7. The molecule has 0 spiro atoms. The average Bonchev–Trinajstić information content (AvgIpc) is 3.21. The maximum Gasteiger partial charge on any atom is 0.302 e. The molecule has 0 aliphatic heterocycles. The van der Waals surface area contributed by atoms with Crippen LogP contribution >= 0.6 is 0 Å². The van der Waals surface area contributed by atoms with Crippen molar-refractivity contribution in [2.24, 2.45) is 11.7 Å². The number of ether oxygens (including phenoxy) is 2. The molecule has 0 saturated carbocycles. The van der Waals surface area contributed by atoms with Gasteiger partial charge in [-0.25, -0.2) is 4.68 Å². The second-order valence-electron chi connectivity index (χ2n) is 8.93. The van der Waals surface area contributed by atoms with Crippen LogP contribution < -0.4 is 10.5 Å². The van der Waals surface area contributed by atoms with Crippen LogP contribution in [0.4, 0.5) is 0 Å². The van der Waals surface area contributed by atoms with Crippen molar-refractivity contribution in [3.05, 3.63) is 77.6 Å². The SMILES string of the molecule is CC(=O)OC[C@@H](C)CC(C)(C)c1ccc(OCc2c(C(N)=O)cnn2-c2ccccc2)cc1. The van der Waals surface area contributed by atoms with E-state index < -0.39 is 5.91 Å². The first kappa shape index (κ1) is 24.0. The highest BCUT2D eigenvalue weighted by atomic mass is 16.5. The zero-order chi connectivity index (χ0) is 24.0. The van der Waals surface area contributed by atoms with Crippen LogP contribution in [0.5, 0.6) is 5.75 Å². The fourth-order valence-corrected chi connectivity index (χ4v) is 3.97. The second-order valence-corrected chi connectivity index (χ2v) is 8.93. The van der Waals surface area contributed by atoms with Crippen molar-refractivity contribution < 1.29 is 19.1 Å². The van der Waals surface area contributed by atoms with Gasteiger partial charge >= 0.3 is 5.97 Å². The average molecular weight is 450 g/mol. The van der Waals surface area contributed by atoms with Crippen molar-refractivity contribution in [1.82, 2.24) is 9.78 Å². The Hall–Kier alpha value is -3.61. The van der Waals surface area contributed by atoms with E-state index in [2.05, 4.69) is 25.9 Å². The Morgan fingerprint density at radius 3 is 2.36 bits per heavy atom. The molecule has 0 radical (unpaired) electrons. The summed E-state index contributed by atoms with van der Waals surface area (Å²) in [5.74, 6) is 0.120. The predicted molar refractivity (Wildman–Crippen MR) is 126 cm³/mol. The number of primary amides is 1. The molecule has 33 heavy (non-hydrogen) atoms. The van der Waals surface area contributed by atoms with Crippen LogP contribution in [-0.4, -0.2) is 28.3 Å². The Morgan fingerprint density at radius 2 is 1.76 bits per heavy atom. The third-order valence-corrected chi connectivity index (χ3v) is 5.58. The summed E-state index contributed by atoms with van der Waals surface area (Å²) in [4.78, 5) is 23.0. The molecule has 2 aromatic carbocycles. The first-order valence-electron chi connectivity index (χ1n) is 11.0. The number of aromatic nitrogens is 2. The number of para-hydroxylation sites is 1. The van der Waals surface area contributed by atoms with Crippen LogP contribution in [0.3, 0.4) is 0 Å². The molecular formula is C26H31N3O4. The van der Waals surface area contributed by atoms with Crippen LogP contribution in [0.25, 0.3) is 5.69 Å². The molecule has 3 aromatic rings. The standard InChI is InChI=1S/C26H31N3O4/c1-18(16-32-19(2)30)14-26(3,4)20-10-12-22(13-11-20)33-17-24-23(25(27)31)15-28-29(24)21-8-6-5-7-9-21/h5-13,15,18H,14,16-17H2,1-4H3,(H2,27,31)/t18-/m0/s1. The van der Waals surface area contributed by atoms with E-state index in [1.807, 2.05) is 54.6 Å². The lowest BCUT2D eigenvalue weighted by Crippen LogP contribution is -2.23. The summed E-state index contributed by atoms with van der Waals surface area (Å²) < 4.78 is 12.8. The number of nitrogens with zero attached hydrogens (tertiary/aromatic N) is 2. The number of hydrogen-bond acceptors (Lipinski definition) is 5. The molecule has 1 heterocycles. The van der Waals surface area contributed by atoms with E-state index in [0.717, 1.165) is 17.7 Å². The summed E-state index contributed by atoms with van der Waals surface area (Å²) in [5.41, 5.74) is 8.36. The van der Waals surface area contributed by atoms with Gasteiger partial charge in [0, 0.05) is 6.92 Å². The van der Waals surface area contributed by atoms with Crippen LogP contribution in [0.15, 0.2) is 60.8 Å². The Morgan fingerprint density at radius 1 is 1.09 bits per heavy atom. The van der Waals surface area contributed by atoms with Crippen molar-refractivity contribution in [2.45, 2.75) is 46.1 Å². The Bertz CT molecular complexity index is 1090. The molecule has 0 saturated heterocycles. The van der Waals surface area contributed by atoms with Gasteiger partial charge in [-0.3, -0.25) is 9.59 Å². The Balaban J connectivity index is 1.70. The van der Waals surface area contributed by atoms with Crippen molar-refractivity contribution in [1.29, 1.82) is 0 Å². The van der Waals surface area contributed by atoms with E-state index in [4.69, 9.17) is 15.2 Å². The molecule has 0 aliphatic rings. The van der Waals surface area contributed by atoms with Gasteiger partial charge in [0.25, 0.3) is 5.91 Å². The minimum Gasteiger partial charge on any atom is -0.487 e. The van der Waals surface area contributed by atoms with Crippen LogP contribution in [0.2, 0.25) is 0 Å². The number of amides is 1. The van der Waals surface area contributed by atoms with Crippen molar-refractivity contribution in [3.63, 3.8) is 0 Å². The first-order valence-corrected chi connectivity index (χ1v) is 11.0. The van der Waals surface area contributed by atoms with E-state index in [1.54, 1.807) is 4.68 Å². The molecule has 1 amide bonds. The lowest BCUT2D eigenvalue weighted by atomic mass is 9.77. The molecule has 0 aliphatic carbocycles. The summed E-state index contributed by atoms with van der Waals surface area (Å²) in [6, 6.07) is 17.4. The van der Waals surface area contributed by atoms with Gasteiger partial charge in [-0.1, -0.05) is 51.1 Å². The number of rotatable bonds is 10. The zero-order valence-electron chi connectivity index (χ0n) is 19.6. The van der Waals surface area contributed by atoms with Crippen LogP contribution in [0.1, 0.15) is 55.7 Å². The maximum absolute atomic E-state index is 11.9. The lowest BCUT2D eigenvalue weighted by molar-refractivity contribution is -0.142. The van der Waals surface area contributed by atoms with Gasteiger partial charge in [0.15, 0.2) is 0 Å². The van der Waals surface area contributed by atoms with E-state index in [0.29, 0.717) is 23.6 Å². The molecule has 0 fully saturated rings. The Labute approximate surface area is 194 Å². The van der Waals surface area contributed by atoms with Gasteiger partial charge in [0.1, 0.15) is 12.4 Å². The van der Waals surface area contributed by atoms with E-state index in [1.165, 1.54) is 13.1 Å². The molecule has 0 bridgehead atoms. The quantitative estimate of drug-likeness (QED) is 0.462. The predicted octanol–water partition coefficient (Wildman–Crippen LogP) is 4.42. The van der Waals surface area contributed by atoms with Crippen LogP contribution in [0, 0.1) is 5.92 Å². The molecule has 1 aromatic heterocycles. The normalized spacial score (nSPS) is 12.2. The second kappa shape index (κ2) is 10.3. The number of esters is 1. The van der Waals surface area contributed by atoms with E-state index >= 15 is 0 Å². The fourth-order valence-electron chi connectivity index (χ4n) is 3.97. The maximum atomic E-state index is 11.9. The third-order valence-electron chi connectivity index (χ3n) is 5.58. The molecule has 1 atom stereocenters. The number of carbonyl (C=O) groups excluding carboxylic acids is 2. The van der Waals surface area contributed by atoms with Crippen molar-refractivity contribution in [3.8, 4) is 11.4 Å². The van der Waals surface area contributed by atoms with Gasteiger partial charge in [-0.15, -0.1) is 0 Å². The minimum atomic E-state index is -0.546. The zero-order valence-corrected chi connectivity index (χ0v) is 19.6. The summed E-state index contributed by atoms with van der Waals surface area (Å²) in [6.45, 7) is 8.41. The molecule has 7 nitrogen and oxygen atoms in total. The molecule has 0 unspecified atom stereocenters. The van der Waals surface area contributed by atoms with Gasteiger partial charge in [-0.05, 0) is 47.6 Å². The Kier molecular flexibility index (Phi) is 7.53. The van der Waals surface area contributed by atoms with E-state index in [9.17, 15) is 9.59 Å². The molecule has 7 heteroatoms. The topological polar surface area (TPSA) is 96.4 Å². The van der Waals surface area contributed by atoms with E-state index in [-0.39, 0.29) is 23.9 Å². The highest BCUT2D eigenvalue weighted by Crippen LogP contribution is 2.32. The van der Waals surface area contributed by atoms with Gasteiger partial charge in [0.05, 0.1) is 29.7 Å². The highest BCUT2D eigenvalue weighted by Gasteiger charge is 2.24. The largest absolute Gasteiger partial charge is 0.487 e. The summed E-state index contributed by atoms with van der Waals surface area (Å²) in [7, 11) is 0. The van der Waals surface area contributed by atoms with Crippen molar-refractivity contribution >= 4 is 11.9 Å². The smallest absolute Gasteiger partial charge is 0.302 e.